The Morgan fingerprint density at radius 1 is 1.24 bits per heavy atom. The quantitative estimate of drug-likeness (QED) is 0.604. The van der Waals surface area contributed by atoms with E-state index in [1.54, 1.807) is 23.7 Å². The predicted octanol–water partition coefficient (Wildman–Crippen LogP) is 4.13. The maximum absolute atomic E-state index is 13.3. The molecule has 1 saturated heterocycles. The number of hydrogen-bond donors (Lipinski definition) is 2. The van der Waals surface area contributed by atoms with E-state index in [4.69, 9.17) is 4.98 Å². The average Bonchev–Trinajstić information content (AvgIpc) is 2.76. The first-order valence-corrected chi connectivity index (χ1v) is 11.3. The Hall–Kier alpha value is -3.42. The van der Waals surface area contributed by atoms with Crippen molar-refractivity contribution in [3.05, 3.63) is 57.6 Å². The van der Waals surface area contributed by atoms with Gasteiger partial charge in [-0.2, -0.15) is 0 Å². The number of carboxylic acid groups (broad SMARTS) is 1. The normalized spacial score (nSPS) is 16.6. The lowest BCUT2D eigenvalue weighted by Gasteiger charge is -2.38. The van der Waals surface area contributed by atoms with Crippen molar-refractivity contribution in [1.29, 1.82) is 0 Å². The first-order valence-electron chi connectivity index (χ1n) is 11.3. The maximum atomic E-state index is 13.3. The van der Waals surface area contributed by atoms with Crippen molar-refractivity contribution >= 4 is 28.5 Å². The van der Waals surface area contributed by atoms with E-state index in [9.17, 15) is 14.7 Å². The third-order valence-corrected chi connectivity index (χ3v) is 6.58. The molecular weight excluding hydrogens is 418 g/mol. The number of carbonyl (C=O) groups is 1. The third-order valence-electron chi connectivity index (χ3n) is 6.58. The fraction of sp³-hybridized carbons (Fsp3) is 0.440. The fourth-order valence-electron chi connectivity index (χ4n) is 4.47. The minimum atomic E-state index is -1.10. The molecule has 0 amide bonds. The monoisotopic (exact) mass is 449 g/mol. The number of aromatic nitrogens is 3. The van der Waals surface area contributed by atoms with Crippen molar-refractivity contribution in [2.75, 3.05) is 23.3 Å². The number of nitrogens with zero attached hydrogens (tertiary/aromatic N) is 4. The van der Waals surface area contributed by atoms with Crippen LogP contribution in [0.2, 0.25) is 0 Å². The Balaban J connectivity index is 1.80. The highest BCUT2D eigenvalue weighted by atomic mass is 16.4. The Kier molecular flexibility index (Phi) is 5.86. The van der Waals surface area contributed by atoms with Crippen LogP contribution in [0, 0.1) is 12.3 Å². The second kappa shape index (κ2) is 8.50. The predicted molar refractivity (Wildman–Crippen MR) is 130 cm³/mol. The van der Waals surface area contributed by atoms with Crippen LogP contribution in [-0.4, -0.2) is 38.7 Å². The van der Waals surface area contributed by atoms with E-state index in [1.165, 1.54) is 6.20 Å². The third kappa shape index (κ3) is 4.42. The zero-order chi connectivity index (χ0) is 23.9. The van der Waals surface area contributed by atoms with Gasteiger partial charge >= 0.3 is 5.97 Å². The summed E-state index contributed by atoms with van der Waals surface area (Å²) in [5.41, 5.74) is 3.03. The van der Waals surface area contributed by atoms with Gasteiger partial charge in [-0.05, 0) is 55.9 Å². The molecule has 1 unspecified atom stereocenters. The number of hydrogen-bond acceptors (Lipinski definition) is 6. The zero-order valence-corrected chi connectivity index (χ0v) is 19.8. The number of fused-ring (bicyclic) bond motifs is 1. The molecule has 1 atom stereocenters. The number of aryl methyl sites for hydroxylation is 1. The molecule has 2 N–H and O–H groups in total. The Labute approximate surface area is 193 Å². The number of pyridine rings is 1. The van der Waals surface area contributed by atoms with Crippen LogP contribution in [-0.2, 0) is 7.05 Å². The SMILES string of the molecule is Cc1cc(C(C)Nc2cccnc2C(=O)O)c2nc(N3CCC(C)(C)CC3)n(C)c(=O)c2c1. The summed E-state index contributed by atoms with van der Waals surface area (Å²) in [5, 5.41) is 13.3. The maximum Gasteiger partial charge on any atom is 0.356 e. The summed E-state index contributed by atoms with van der Waals surface area (Å²) in [4.78, 5) is 36.1. The van der Waals surface area contributed by atoms with Gasteiger partial charge in [0.05, 0.1) is 22.6 Å². The molecule has 8 heteroatoms. The van der Waals surface area contributed by atoms with Crippen LogP contribution in [0.4, 0.5) is 11.6 Å². The van der Waals surface area contributed by atoms with Gasteiger partial charge in [0.1, 0.15) is 0 Å². The molecule has 0 radical (unpaired) electrons. The number of carboxylic acids is 1. The van der Waals surface area contributed by atoms with Crippen LogP contribution < -0.4 is 15.8 Å². The molecule has 4 rings (SSSR count). The molecule has 174 valence electrons. The van der Waals surface area contributed by atoms with Crippen molar-refractivity contribution in [3.8, 4) is 0 Å². The van der Waals surface area contributed by atoms with Gasteiger partial charge < -0.3 is 15.3 Å². The number of piperidine rings is 1. The van der Waals surface area contributed by atoms with Gasteiger partial charge in [-0.25, -0.2) is 14.8 Å². The highest BCUT2D eigenvalue weighted by Crippen LogP contribution is 2.33. The topological polar surface area (TPSA) is 100 Å². The van der Waals surface area contributed by atoms with Crippen LogP contribution in [0.25, 0.3) is 10.9 Å². The molecular formula is C25H31N5O3. The van der Waals surface area contributed by atoms with Crippen molar-refractivity contribution in [2.45, 2.75) is 46.6 Å². The summed E-state index contributed by atoms with van der Waals surface area (Å²) >= 11 is 0. The second-order valence-electron chi connectivity index (χ2n) is 9.75. The summed E-state index contributed by atoms with van der Waals surface area (Å²) < 4.78 is 1.64. The first-order chi connectivity index (χ1) is 15.6. The van der Waals surface area contributed by atoms with Crippen molar-refractivity contribution in [2.24, 2.45) is 12.5 Å². The van der Waals surface area contributed by atoms with E-state index in [1.807, 2.05) is 26.0 Å². The second-order valence-corrected chi connectivity index (χ2v) is 9.75. The van der Waals surface area contributed by atoms with Crippen molar-refractivity contribution < 1.29 is 9.90 Å². The number of nitrogens with one attached hydrogen (secondary N) is 1. The van der Waals surface area contributed by atoms with Gasteiger partial charge in [-0.3, -0.25) is 9.36 Å². The summed E-state index contributed by atoms with van der Waals surface area (Å²) in [6.45, 7) is 10.1. The molecule has 1 fully saturated rings. The van der Waals surface area contributed by atoms with Gasteiger partial charge in [0.25, 0.3) is 5.56 Å². The Morgan fingerprint density at radius 3 is 2.61 bits per heavy atom. The molecule has 1 aromatic carbocycles. The summed E-state index contributed by atoms with van der Waals surface area (Å²) in [6, 6.07) is 6.98. The van der Waals surface area contributed by atoms with E-state index < -0.39 is 5.97 Å². The highest BCUT2D eigenvalue weighted by Gasteiger charge is 2.28. The number of aromatic carboxylic acids is 1. The van der Waals surface area contributed by atoms with Crippen molar-refractivity contribution in [1.82, 2.24) is 14.5 Å². The first kappa shape index (κ1) is 22.8. The minimum absolute atomic E-state index is 0.0400. The molecule has 1 aliphatic heterocycles. The van der Waals surface area contributed by atoms with E-state index in [0.717, 1.165) is 37.1 Å². The van der Waals surface area contributed by atoms with Gasteiger partial charge in [0.2, 0.25) is 5.95 Å². The molecule has 0 saturated carbocycles. The molecule has 33 heavy (non-hydrogen) atoms. The lowest BCUT2D eigenvalue weighted by Crippen LogP contribution is -2.40. The molecule has 0 spiro atoms. The summed E-state index contributed by atoms with van der Waals surface area (Å²) in [7, 11) is 1.78. The van der Waals surface area contributed by atoms with Crippen LogP contribution in [0.15, 0.2) is 35.3 Å². The Bertz CT molecular complexity index is 1270. The van der Waals surface area contributed by atoms with Gasteiger partial charge in [-0.15, -0.1) is 0 Å². The highest BCUT2D eigenvalue weighted by molar-refractivity contribution is 5.92. The lowest BCUT2D eigenvalue weighted by atomic mass is 9.83. The zero-order valence-electron chi connectivity index (χ0n) is 19.8. The molecule has 0 bridgehead atoms. The van der Waals surface area contributed by atoms with Crippen LogP contribution in [0.3, 0.4) is 0 Å². The van der Waals surface area contributed by atoms with E-state index in [2.05, 4.69) is 29.0 Å². The van der Waals surface area contributed by atoms with Gasteiger partial charge in [0, 0.05) is 31.9 Å². The summed E-state index contributed by atoms with van der Waals surface area (Å²) in [5.74, 6) is -0.422. The summed E-state index contributed by atoms with van der Waals surface area (Å²) in [6.07, 6.45) is 3.54. The molecule has 3 aromatic rings. The molecule has 3 heterocycles. The standard InChI is InChI=1S/C25H31N5O3/c1-15-13-17(16(2)27-19-7-6-10-26-21(19)23(32)33)20-18(14-15)22(31)29(5)24(28-20)30-11-8-25(3,4)9-12-30/h6-7,10,13-14,16,27H,8-9,11-12H2,1-5H3,(H,32,33). The van der Waals surface area contributed by atoms with E-state index >= 15 is 0 Å². The van der Waals surface area contributed by atoms with Crippen LogP contribution in [0.5, 0.6) is 0 Å². The minimum Gasteiger partial charge on any atom is -0.476 e. The smallest absolute Gasteiger partial charge is 0.356 e. The average molecular weight is 450 g/mol. The lowest BCUT2D eigenvalue weighted by molar-refractivity contribution is 0.0691. The van der Waals surface area contributed by atoms with E-state index in [0.29, 0.717) is 28.0 Å². The number of benzene rings is 1. The Morgan fingerprint density at radius 2 is 1.94 bits per heavy atom. The molecule has 2 aromatic heterocycles. The van der Waals surface area contributed by atoms with Crippen molar-refractivity contribution in [3.63, 3.8) is 0 Å². The largest absolute Gasteiger partial charge is 0.476 e. The van der Waals surface area contributed by atoms with Gasteiger partial charge in [0.15, 0.2) is 5.69 Å². The van der Waals surface area contributed by atoms with Crippen LogP contribution >= 0.6 is 0 Å². The van der Waals surface area contributed by atoms with E-state index in [-0.39, 0.29) is 17.3 Å². The fourth-order valence-corrected chi connectivity index (χ4v) is 4.47. The number of rotatable bonds is 5. The molecule has 8 nitrogen and oxygen atoms in total. The van der Waals surface area contributed by atoms with Crippen LogP contribution in [0.1, 0.15) is 61.3 Å². The van der Waals surface area contributed by atoms with Gasteiger partial charge in [-0.1, -0.05) is 19.9 Å². The molecule has 0 aliphatic carbocycles. The molecule has 1 aliphatic rings. The number of anilines is 2.